The Morgan fingerprint density at radius 2 is 1.53 bits per heavy atom. The Morgan fingerprint density at radius 3 is 2.18 bits per heavy atom. The maximum Gasteiger partial charge on any atom is 0.275 e. The number of carbonyl (C=O) groups is 7. The molecule has 74 heavy (non-hydrogen) atoms. The minimum absolute atomic E-state index is 0.0117. The number of amides is 7. The number of nitrogens with two attached hydrogens (primary N) is 1. The average molecular weight is 1040 g/mol. The number of hydrogen-bond donors (Lipinski definition) is 7. The molecule has 4 aliphatic rings. The van der Waals surface area contributed by atoms with Gasteiger partial charge in [0, 0.05) is 59.5 Å². The van der Waals surface area contributed by atoms with Crippen LogP contribution < -0.4 is 27.0 Å². The van der Waals surface area contributed by atoms with Crippen molar-refractivity contribution in [1.29, 1.82) is 5.41 Å². The predicted octanol–water partition coefficient (Wildman–Crippen LogP) is 2.67. The Labute approximate surface area is 437 Å². The SMILES string of the molecule is CSCC[C@H](NC(=O)[C@@H]1Cc2ccccc2CN1C(=O)[C@@H](NC(=O)[C@H](CC1CCCCC1)NC(C)=O)C1CCN(C(=N)N)CC1)C(=O)N1CC[C@H](c2ccccc2)[C@H]1C(=O)N[C@@H](CO)c1nc(C(=O)N(C)C)co1. The summed E-state index contributed by atoms with van der Waals surface area (Å²) in [7, 11) is 3.12. The molecule has 0 unspecified atom stereocenters. The molecule has 20 nitrogen and oxygen atoms in total. The monoisotopic (exact) mass is 1040 g/mol. The van der Waals surface area contributed by atoms with E-state index in [0.717, 1.165) is 55.1 Å². The first-order chi connectivity index (χ1) is 35.6. The van der Waals surface area contributed by atoms with Gasteiger partial charge in [0.1, 0.15) is 42.5 Å². The summed E-state index contributed by atoms with van der Waals surface area (Å²) < 4.78 is 5.56. The summed E-state index contributed by atoms with van der Waals surface area (Å²) >= 11 is 1.48. The van der Waals surface area contributed by atoms with E-state index in [0.29, 0.717) is 44.5 Å². The van der Waals surface area contributed by atoms with Gasteiger partial charge in [-0.05, 0) is 72.6 Å². The fraction of sp³-hybridized carbons (Fsp3) is 0.566. The molecule has 0 radical (unpaired) electrons. The van der Waals surface area contributed by atoms with Gasteiger partial charge in [-0.25, -0.2) is 4.98 Å². The second-order valence-corrected chi connectivity index (χ2v) is 21.3. The van der Waals surface area contributed by atoms with Gasteiger partial charge in [-0.1, -0.05) is 86.7 Å². The molecule has 400 valence electrons. The fourth-order valence-corrected chi connectivity index (χ4v) is 11.6. The number of rotatable bonds is 19. The van der Waals surface area contributed by atoms with Crippen LogP contribution >= 0.6 is 11.8 Å². The first-order valence-electron chi connectivity index (χ1n) is 25.8. The lowest BCUT2D eigenvalue weighted by atomic mass is 9.84. The molecule has 3 aliphatic heterocycles. The van der Waals surface area contributed by atoms with Crippen LogP contribution in [0.1, 0.15) is 116 Å². The molecule has 3 aromatic rings. The van der Waals surface area contributed by atoms with Crippen LogP contribution in [0.3, 0.4) is 0 Å². The molecule has 2 saturated heterocycles. The lowest BCUT2D eigenvalue weighted by Crippen LogP contribution is -2.63. The van der Waals surface area contributed by atoms with E-state index < -0.39 is 90.1 Å². The molecule has 21 heteroatoms. The van der Waals surface area contributed by atoms with Gasteiger partial charge in [-0.2, -0.15) is 11.8 Å². The smallest absolute Gasteiger partial charge is 0.275 e. The summed E-state index contributed by atoms with van der Waals surface area (Å²) in [5.41, 5.74) is 8.35. The Balaban J connectivity index is 1.17. The van der Waals surface area contributed by atoms with Gasteiger partial charge in [0.05, 0.1) is 6.61 Å². The van der Waals surface area contributed by atoms with Crippen LogP contribution in [-0.4, -0.2) is 160 Å². The van der Waals surface area contributed by atoms with E-state index in [1.807, 2.05) is 60.9 Å². The predicted molar refractivity (Wildman–Crippen MR) is 278 cm³/mol. The van der Waals surface area contributed by atoms with E-state index in [-0.39, 0.29) is 55.3 Å². The minimum atomic E-state index is -1.16. The van der Waals surface area contributed by atoms with E-state index in [9.17, 15) is 24.3 Å². The molecular weight excluding hydrogens is 967 g/mol. The number of hydrogen-bond acceptors (Lipinski definition) is 12. The molecule has 1 aromatic heterocycles. The summed E-state index contributed by atoms with van der Waals surface area (Å²) in [6, 6.07) is 10.4. The molecule has 8 N–H and O–H groups in total. The summed E-state index contributed by atoms with van der Waals surface area (Å²) in [6.45, 7) is 1.71. The normalized spacial score (nSPS) is 20.8. The number of guanidine groups is 1. The van der Waals surface area contributed by atoms with Crippen molar-refractivity contribution in [3.63, 3.8) is 0 Å². The Kier molecular flexibility index (Phi) is 19.2. The number of aromatic nitrogens is 1. The third-order valence-corrected chi connectivity index (χ3v) is 15.7. The largest absolute Gasteiger partial charge is 0.446 e. The summed E-state index contributed by atoms with van der Waals surface area (Å²) in [5.74, 6) is -3.80. The van der Waals surface area contributed by atoms with Crippen molar-refractivity contribution < 1.29 is 43.1 Å². The van der Waals surface area contributed by atoms with E-state index in [1.54, 1.807) is 19.0 Å². The van der Waals surface area contributed by atoms with Gasteiger partial charge < -0.3 is 56.1 Å². The minimum Gasteiger partial charge on any atom is -0.446 e. The highest BCUT2D eigenvalue weighted by Gasteiger charge is 2.47. The maximum atomic E-state index is 15.5. The van der Waals surface area contributed by atoms with Gasteiger partial charge in [0.15, 0.2) is 11.7 Å². The highest BCUT2D eigenvalue weighted by molar-refractivity contribution is 7.98. The Bertz CT molecular complexity index is 2480. The van der Waals surface area contributed by atoms with Crippen molar-refractivity contribution in [3.8, 4) is 0 Å². The highest BCUT2D eigenvalue weighted by atomic mass is 32.2. The third-order valence-electron chi connectivity index (χ3n) is 15.1. The molecule has 7 rings (SSSR count). The van der Waals surface area contributed by atoms with Gasteiger partial charge in [-0.15, -0.1) is 0 Å². The van der Waals surface area contributed by atoms with Crippen LogP contribution in [0.25, 0.3) is 0 Å². The molecule has 4 heterocycles. The van der Waals surface area contributed by atoms with E-state index in [4.69, 9.17) is 15.6 Å². The number of nitrogens with zero attached hydrogens (tertiary/aromatic N) is 5. The van der Waals surface area contributed by atoms with Gasteiger partial charge in [0.2, 0.25) is 41.3 Å². The van der Waals surface area contributed by atoms with Gasteiger partial charge >= 0.3 is 0 Å². The lowest BCUT2D eigenvalue weighted by Gasteiger charge is -2.42. The Morgan fingerprint density at radius 1 is 0.838 bits per heavy atom. The fourth-order valence-electron chi connectivity index (χ4n) is 11.1. The van der Waals surface area contributed by atoms with Crippen LogP contribution in [0.2, 0.25) is 0 Å². The number of aliphatic hydroxyl groups excluding tert-OH is 1. The molecule has 3 fully saturated rings. The molecule has 0 spiro atoms. The van der Waals surface area contributed by atoms with E-state index in [2.05, 4.69) is 26.3 Å². The number of oxazole rings is 1. The van der Waals surface area contributed by atoms with Crippen molar-refractivity contribution in [2.24, 2.45) is 17.6 Å². The van der Waals surface area contributed by atoms with Crippen LogP contribution in [0.4, 0.5) is 0 Å². The maximum absolute atomic E-state index is 15.5. The zero-order valence-electron chi connectivity index (χ0n) is 42.9. The Hall–Kier alpha value is -6.48. The molecule has 7 atom stereocenters. The molecular formula is C53H73N11O9S. The zero-order chi connectivity index (χ0) is 53.1. The average Bonchev–Trinajstić information content (AvgIpc) is 4.09. The topological polar surface area (TPSA) is 277 Å². The summed E-state index contributed by atoms with van der Waals surface area (Å²) in [5, 5.41) is 30.3. The zero-order valence-corrected chi connectivity index (χ0v) is 43.7. The van der Waals surface area contributed by atoms with Crippen molar-refractivity contribution in [2.45, 2.75) is 126 Å². The quantitative estimate of drug-likeness (QED) is 0.0673. The van der Waals surface area contributed by atoms with Crippen LogP contribution in [0.5, 0.6) is 0 Å². The number of piperidine rings is 1. The standard InChI is InChI=1S/C53H73N11O9S/c1-32(66)56-40(27-33-13-7-5-8-14-33)46(67)60-44(35-19-23-62(24-20-35)53(54)55)52(72)64-29-37-18-12-11-17-36(37)28-43(64)47(68)57-39(22-26-74-4)51(71)63-25-21-38(34-15-9-6-10-16-34)45(63)48(69)58-41(30-65)49-59-42(31-73-49)50(70)61(2)3/h6,9-12,15-18,31,33,35,38-41,43-45,65H,5,7-8,13-14,19-30H2,1-4H3,(H3,54,55)(H,56,66)(H,57,68)(H,58,69)(H,60,67)/t38-,39+,40+,41+,43+,44+,45+/m1/s1. The first-order valence-corrected chi connectivity index (χ1v) is 27.2. The van der Waals surface area contributed by atoms with E-state index in [1.165, 1.54) is 33.4 Å². The second-order valence-electron chi connectivity index (χ2n) is 20.3. The van der Waals surface area contributed by atoms with Crippen molar-refractivity contribution in [3.05, 3.63) is 89.1 Å². The number of nitrogens with one attached hydrogen (secondary N) is 5. The van der Waals surface area contributed by atoms with Crippen molar-refractivity contribution in [2.75, 3.05) is 52.3 Å². The molecule has 0 bridgehead atoms. The van der Waals surface area contributed by atoms with Crippen molar-refractivity contribution in [1.82, 2.24) is 45.9 Å². The number of thioether (sulfide) groups is 1. The van der Waals surface area contributed by atoms with Gasteiger partial charge in [-0.3, -0.25) is 39.0 Å². The number of carbonyl (C=O) groups excluding carboxylic acids is 7. The highest BCUT2D eigenvalue weighted by Crippen LogP contribution is 2.36. The lowest BCUT2D eigenvalue weighted by molar-refractivity contribution is -0.148. The summed E-state index contributed by atoms with van der Waals surface area (Å²) in [6.07, 6.45) is 10.1. The van der Waals surface area contributed by atoms with Crippen LogP contribution in [0.15, 0.2) is 65.3 Å². The van der Waals surface area contributed by atoms with Crippen LogP contribution in [0, 0.1) is 17.2 Å². The summed E-state index contributed by atoms with van der Waals surface area (Å²) in [4.78, 5) is 110. The number of benzene rings is 2. The molecule has 1 aliphatic carbocycles. The molecule has 7 amide bonds. The third kappa shape index (κ3) is 13.4. The first kappa shape index (κ1) is 55.3. The molecule has 2 aromatic carbocycles. The van der Waals surface area contributed by atoms with Crippen LogP contribution in [-0.2, 0) is 41.7 Å². The molecule has 1 saturated carbocycles. The van der Waals surface area contributed by atoms with Gasteiger partial charge in [0.25, 0.3) is 5.91 Å². The second kappa shape index (κ2) is 25.6. The van der Waals surface area contributed by atoms with Crippen molar-refractivity contribution >= 4 is 59.1 Å². The number of likely N-dealkylation sites (tertiary alicyclic amines) is 2. The number of fused-ring (bicyclic) bond motifs is 1. The number of aliphatic hydroxyl groups is 1. The van der Waals surface area contributed by atoms with E-state index >= 15 is 14.4 Å².